The van der Waals surface area contributed by atoms with Crippen molar-refractivity contribution in [3.8, 4) is 0 Å². The van der Waals surface area contributed by atoms with Gasteiger partial charge in [-0.15, -0.1) is 0 Å². The molecule has 0 atom stereocenters. The van der Waals surface area contributed by atoms with Crippen LogP contribution in [0.4, 0.5) is 0 Å². The molecule has 0 spiro atoms. The largest absolute Gasteiger partial charge is 1.00 e. The van der Waals surface area contributed by atoms with E-state index in [2.05, 4.69) is 19.6 Å². The first-order valence-electron chi connectivity index (χ1n) is 3.38. The number of hydrogen-bond acceptors (Lipinski definition) is 2. The molecular weight excluding hydrogens is 131 g/mol. The molecule has 11 heavy (non-hydrogen) atoms. The summed E-state index contributed by atoms with van der Waals surface area (Å²) in [5.74, 6) is 0. The standard InChI is InChI=1S/C6H11N.C2H4N.Li/c1-2-3-4-5-6-7;1-2-3;/h3,7H,2,4-5H2,1H3;3H,1H3;/q-2;-1;+1. The van der Waals surface area contributed by atoms with Gasteiger partial charge in [0.25, 0.3) is 0 Å². The summed E-state index contributed by atoms with van der Waals surface area (Å²) in [7, 11) is 0. The minimum absolute atomic E-state index is 0. The van der Waals surface area contributed by atoms with E-state index < -0.39 is 0 Å². The molecule has 60 valence electrons. The maximum absolute atomic E-state index is 6.51. The van der Waals surface area contributed by atoms with Crippen LogP contribution in [0.1, 0.15) is 33.1 Å². The average Bonchev–Trinajstić information content (AvgIpc) is 1.91. The summed E-state index contributed by atoms with van der Waals surface area (Å²) in [4.78, 5) is 0. The van der Waals surface area contributed by atoms with Crippen molar-refractivity contribution in [1.29, 1.82) is 10.8 Å². The van der Waals surface area contributed by atoms with E-state index in [-0.39, 0.29) is 18.9 Å². The molecule has 0 bridgehead atoms. The third-order valence-corrected chi connectivity index (χ3v) is 0.762. The van der Waals surface area contributed by atoms with E-state index in [0.717, 1.165) is 19.3 Å². The van der Waals surface area contributed by atoms with E-state index in [1.165, 1.54) is 0 Å². The Hall–Kier alpha value is -0.0626. The van der Waals surface area contributed by atoms with Crippen LogP contribution in [-0.2, 0) is 0 Å². The second kappa shape index (κ2) is 22.5. The molecule has 3 heteroatoms. The van der Waals surface area contributed by atoms with Gasteiger partial charge < -0.3 is 29.7 Å². The fourth-order valence-corrected chi connectivity index (χ4v) is 0.378. The van der Waals surface area contributed by atoms with Crippen molar-refractivity contribution >= 4 is 12.4 Å². The Kier molecular flexibility index (Phi) is 35.1. The minimum atomic E-state index is 0. The molecule has 0 aromatic carbocycles. The van der Waals surface area contributed by atoms with E-state index in [1.807, 2.05) is 6.21 Å². The first-order chi connectivity index (χ1) is 4.83. The zero-order valence-corrected chi connectivity index (χ0v) is 7.70. The predicted molar refractivity (Wildman–Crippen MR) is 45.0 cm³/mol. The Labute approximate surface area is 82.0 Å². The van der Waals surface area contributed by atoms with E-state index in [1.54, 1.807) is 6.92 Å². The van der Waals surface area contributed by atoms with Crippen LogP contribution in [0.2, 0.25) is 0 Å². The molecule has 0 aromatic rings. The van der Waals surface area contributed by atoms with Gasteiger partial charge in [-0.3, -0.25) is 0 Å². The molecule has 0 aliphatic heterocycles. The Morgan fingerprint density at radius 3 is 2.09 bits per heavy atom. The summed E-state index contributed by atoms with van der Waals surface area (Å²) < 4.78 is 0. The molecule has 0 saturated heterocycles. The SMILES string of the molecule is CC[CH-]CC[C-]=N.C[C-]=N.[Li+]. The summed E-state index contributed by atoms with van der Waals surface area (Å²) in [6, 6.07) is 0. The summed E-state index contributed by atoms with van der Waals surface area (Å²) in [6.45, 7) is 3.64. The third-order valence-electron chi connectivity index (χ3n) is 0.762. The zero-order chi connectivity index (χ0) is 8.24. The summed E-state index contributed by atoms with van der Waals surface area (Å²) in [5.41, 5.74) is 0. The monoisotopic (exact) mass is 146 g/mol. The normalized spacial score (nSPS) is 6.73. The van der Waals surface area contributed by atoms with Crippen LogP contribution in [0.5, 0.6) is 0 Å². The number of rotatable bonds is 4. The van der Waals surface area contributed by atoms with E-state index in [9.17, 15) is 0 Å². The molecule has 0 aromatic heterocycles. The molecule has 0 radical (unpaired) electrons. The van der Waals surface area contributed by atoms with Crippen molar-refractivity contribution in [1.82, 2.24) is 0 Å². The van der Waals surface area contributed by atoms with E-state index in [4.69, 9.17) is 10.8 Å². The van der Waals surface area contributed by atoms with Crippen LogP contribution >= 0.6 is 0 Å². The van der Waals surface area contributed by atoms with Crippen LogP contribution in [0.3, 0.4) is 0 Å². The minimum Gasteiger partial charge on any atom is -0.519 e. The van der Waals surface area contributed by atoms with Crippen molar-refractivity contribution in [3.05, 3.63) is 6.42 Å². The molecule has 0 fully saturated rings. The van der Waals surface area contributed by atoms with Gasteiger partial charge in [0.05, 0.1) is 0 Å². The Balaban J connectivity index is -0.000000140. The van der Waals surface area contributed by atoms with E-state index >= 15 is 0 Å². The Morgan fingerprint density at radius 1 is 1.36 bits per heavy atom. The fraction of sp³-hybridized carbons (Fsp3) is 0.625. The fourth-order valence-electron chi connectivity index (χ4n) is 0.378. The smallest absolute Gasteiger partial charge is 0.519 e. The maximum Gasteiger partial charge on any atom is 1.00 e. The second-order valence-corrected chi connectivity index (χ2v) is 1.66. The van der Waals surface area contributed by atoms with Gasteiger partial charge >= 0.3 is 18.9 Å². The van der Waals surface area contributed by atoms with Crippen LogP contribution in [0.25, 0.3) is 0 Å². The van der Waals surface area contributed by atoms with Gasteiger partial charge in [-0.1, -0.05) is 6.92 Å². The van der Waals surface area contributed by atoms with Crippen molar-refractivity contribution < 1.29 is 18.9 Å². The van der Waals surface area contributed by atoms with E-state index in [0.29, 0.717) is 0 Å². The topological polar surface area (TPSA) is 47.7 Å². The van der Waals surface area contributed by atoms with Crippen LogP contribution < -0.4 is 18.9 Å². The quantitative estimate of drug-likeness (QED) is 0.231. The molecule has 0 amide bonds. The van der Waals surface area contributed by atoms with Crippen molar-refractivity contribution in [2.75, 3.05) is 0 Å². The summed E-state index contributed by atoms with van der Waals surface area (Å²) in [5, 5.41) is 12.5. The zero-order valence-electron chi connectivity index (χ0n) is 7.70. The Bertz CT molecular complexity index is 74.5. The number of nitrogens with one attached hydrogen (secondary N) is 2. The first-order valence-corrected chi connectivity index (χ1v) is 3.38. The van der Waals surface area contributed by atoms with Crippen molar-refractivity contribution in [2.24, 2.45) is 0 Å². The Morgan fingerprint density at radius 2 is 1.82 bits per heavy atom. The van der Waals surface area contributed by atoms with Crippen molar-refractivity contribution in [3.63, 3.8) is 0 Å². The van der Waals surface area contributed by atoms with Gasteiger partial charge in [-0.05, 0) is 0 Å². The number of unbranched alkanes of at least 4 members (excludes halogenated alkanes) is 3. The first kappa shape index (κ1) is 17.1. The summed E-state index contributed by atoms with van der Waals surface area (Å²) >= 11 is 0. The number of hydrogen-bond donors (Lipinski definition) is 2. The molecule has 0 unspecified atom stereocenters. The van der Waals surface area contributed by atoms with Gasteiger partial charge in [0, 0.05) is 0 Å². The molecule has 2 N–H and O–H groups in total. The van der Waals surface area contributed by atoms with Crippen LogP contribution in [0, 0.1) is 17.2 Å². The van der Waals surface area contributed by atoms with Gasteiger partial charge in [0.1, 0.15) is 0 Å². The molecule has 0 heterocycles. The maximum atomic E-state index is 6.51. The molecule has 0 aliphatic rings. The third kappa shape index (κ3) is 40.4. The molecule has 0 rings (SSSR count). The summed E-state index contributed by atoms with van der Waals surface area (Å²) in [6.07, 6.45) is 9.39. The van der Waals surface area contributed by atoms with Gasteiger partial charge in [-0.25, -0.2) is 6.42 Å². The second-order valence-electron chi connectivity index (χ2n) is 1.66. The van der Waals surface area contributed by atoms with Crippen LogP contribution in [0.15, 0.2) is 0 Å². The van der Waals surface area contributed by atoms with Crippen molar-refractivity contribution in [2.45, 2.75) is 33.1 Å². The van der Waals surface area contributed by atoms with Gasteiger partial charge in [0.15, 0.2) is 0 Å². The molecular formula is C8H15LiN2-2. The molecule has 2 nitrogen and oxygen atoms in total. The van der Waals surface area contributed by atoms with Crippen LogP contribution in [-0.4, -0.2) is 12.4 Å². The molecule has 0 aliphatic carbocycles. The average molecular weight is 146 g/mol. The molecule has 0 saturated carbocycles. The van der Waals surface area contributed by atoms with Gasteiger partial charge in [0.2, 0.25) is 0 Å². The predicted octanol–water partition coefficient (Wildman–Crippen LogP) is -0.556. The van der Waals surface area contributed by atoms with Gasteiger partial charge in [-0.2, -0.15) is 19.8 Å².